The van der Waals surface area contributed by atoms with Crippen molar-refractivity contribution in [1.29, 1.82) is 0 Å². The summed E-state index contributed by atoms with van der Waals surface area (Å²) in [5, 5.41) is 2.74. The van der Waals surface area contributed by atoms with Crippen LogP contribution in [0, 0.1) is 5.92 Å². The van der Waals surface area contributed by atoms with Gasteiger partial charge >= 0.3 is 0 Å². The standard InChI is InChI=1S/C13H17N3O2/c1-4-18-9-5-6-10-11(7-9)15-13(14-10)16-12(17)8(2)3/h5-8H,4H2,1-3H3,(H2,14,15,16,17). The molecule has 0 aliphatic heterocycles. The van der Waals surface area contributed by atoms with Crippen LogP contribution >= 0.6 is 0 Å². The molecule has 0 aliphatic rings. The second kappa shape index (κ2) is 5.08. The number of imidazole rings is 1. The van der Waals surface area contributed by atoms with Gasteiger partial charge in [-0.25, -0.2) is 4.98 Å². The fraction of sp³-hybridized carbons (Fsp3) is 0.385. The van der Waals surface area contributed by atoms with Crippen LogP contribution in [-0.4, -0.2) is 22.5 Å². The van der Waals surface area contributed by atoms with Gasteiger partial charge in [0.25, 0.3) is 0 Å². The van der Waals surface area contributed by atoms with Crippen molar-refractivity contribution in [2.75, 3.05) is 11.9 Å². The molecular weight excluding hydrogens is 230 g/mol. The predicted octanol–water partition coefficient (Wildman–Crippen LogP) is 2.56. The van der Waals surface area contributed by atoms with Crippen molar-refractivity contribution in [3.63, 3.8) is 0 Å². The summed E-state index contributed by atoms with van der Waals surface area (Å²) in [6.07, 6.45) is 0. The smallest absolute Gasteiger partial charge is 0.229 e. The first-order chi connectivity index (χ1) is 8.60. The minimum atomic E-state index is -0.0720. The van der Waals surface area contributed by atoms with Gasteiger partial charge in [0.05, 0.1) is 17.6 Å². The van der Waals surface area contributed by atoms with Crippen LogP contribution in [0.4, 0.5) is 5.95 Å². The molecule has 96 valence electrons. The molecule has 2 aromatic rings. The Bertz CT molecular complexity index is 560. The Kier molecular flexibility index (Phi) is 3.50. The molecule has 1 aromatic carbocycles. The van der Waals surface area contributed by atoms with Crippen molar-refractivity contribution in [3.05, 3.63) is 18.2 Å². The summed E-state index contributed by atoms with van der Waals surface area (Å²) in [5.41, 5.74) is 1.65. The lowest BCUT2D eigenvalue weighted by Gasteiger charge is -2.03. The van der Waals surface area contributed by atoms with E-state index in [9.17, 15) is 4.79 Å². The zero-order valence-electron chi connectivity index (χ0n) is 10.8. The van der Waals surface area contributed by atoms with E-state index in [1.54, 1.807) is 0 Å². The van der Waals surface area contributed by atoms with Crippen molar-refractivity contribution < 1.29 is 9.53 Å². The molecule has 0 bridgehead atoms. The van der Waals surface area contributed by atoms with Crippen molar-refractivity contribution in [2.45, 2.75) is 20.8 Å². The topological polar surface area (TPSA) is 67.0 Å². The van der Waals surface area contributed by atoms with Gasteiger partial charge in [0.15, 0.2) is 0 Å². The van der Waals surface area contributed by atoms with E-state index >= 15 is 0 Å². The molecule has 1 heterocycles. The zero-order chi connectivity index (χ0) is 13.1. The quantitative estimate of drug-likeness (QED) is 0.872. The summed E-state index contributed by atoms with van der Waals surface area (Å²) < 4.78 is 5.41. The molecule has 1 amide bonds. The Labute approximate surface area is 106 Å². The summed E-state index contributed by atoms with van der Waals surface area (Å²) in [6, 6.07) is 5.60. The van der Waals surface area contributed by atoms with E-state index < -0.39 is 0 Å². The third-order valence-corrected chi connectivity index (χ3v) is 2.53. The van der Waals surface area contributed by atoms with E-state index in [2.05, 4.69) is 15.3 Å². The summed E-state index contributed by atoms with van der Waals surface area (Å²) in [7, 11) is 0. The van der Waals surface area contributed by atoms with E-state index in [-0.39, 0.29) is 11.8 Å². The molecule has 0 unspecified atom stereocenters. The molecule has 0 atom stereocenters. The Balaban J connectivity index is 2.24. The molecule has 1 aromatic heterocycles. The number of anilines is 1. The number of nitrogens with one attached hydrogen (secondary N) is 2. The van der Waals surface area contributed by atoms with Crippen LogP contribution in [0.2, 0.25) is 0 Å². The molecule has 0 fully saturated rings. The van der Waals surface area contributed by atoms with Crippen molar-refractivity contribution >= 4 is 22.9 Å². The minimum Gasteiger partial charge on any atom is -0.494 e. The third-order valence-electron chi connectivity index (χ3n) is 2.53. The van der Waals surface area contributed by atoms with Gasteiger partial charge in [-0.2, -0.15) is 0 Å². The Morgan fingerprint density at radius 2 is 2.28 bits per heavy atom. The first-order valence-corrected chi connectivity index (χ1v) is 6.03. The average Bonchev–Trinajstić information content (AvgIpc) is 2.70. The number of H-pyrrole nitrogens is 1. The van der Waals surface area contributed by atoms with E-state index in [1.807, 2.05) is 39.0 Å². The minimum absolute atomic E-state index is 0.0564. The first-order valence-electron chi connectivity index (χ1n) is 6.03. The maximum absolute atomic E-state index is 11.6. The van der Waals surface area contributed by atoms with Crippen molar-refractivity contribution in [1.82, 2.24) is 9.97 Å². The maximum Gasteiger partial charge on any atom is 0.229 e. The molecular formula is C13H17N3O2. The molecule has 0 saturated carbocycles. The van der Waals surface area contributed by atoms with Gasteiger partial charge in [-0.15, -0.1) is 0 Å². The van der Waals surface area contributed by atoms with Crippen LogP contribution in [0.15, 0.2) is 18.2 Å². The lowest BCUT2D eigenvalue weighted by atomic mass is 10.2. The normalized spacial score (nSPS) is 10.9. The number of amides is 1. The number of ether oxygens (including phenoxy) is 1. The van der Waals surface area contributed by atoms with Gasteiger partial charge < -0.3 is 9.72 Å². The van der Waals surface area contributed by atoms with Crippen LogP contribution < -0.4 is 10.1 Å². The fourth-order valence-electron chi connectivity index (χ4n) is 1.57. The number of hydrogen-bond donors (Lipinski definition) is 2. The van der Waals surface area contributed by atoms with E-state index in [0.717, 1.165) is 16.8 Å². The Morgan fingerprint density at radius 3 is 2.94 bits per heavy atom. The van der Waals surface area contributed by atoms with Crippen molar-refractivity contribution in [2.24, 2.45) is 5.92 Å². The highest BCUT2D eigenvalue weighted by Gasteiger charge is 2.10. The van der Waals surface area contributed by atoms with Gasteiger partial charge in [0, 0.05) is 12.0 Å². The second-order valence-electron chi connectivity index (χ2n) is 4.34. The molecule has 5 nitrogen and oxygen atoms in total. The van der Waals surface area contributed by atoms with Crippen LogP contribution in [0.1, 0.15) is 20.8 Å². The maximum atomic E-state index is 11.6. The number of fused-ring (bicyclic) bond motifs is 1. The van der Waals surface area contributed by atoms with E-state index in [1.165, 1.54) is 0 Å². The Hall–Kier alpha value is -2.04. The van der Waals surface area contributed by atoms with E-state index in [0.29, 0.717) is 12.6 Å². The number of hydrogen-bond acceptors (Lipinski definition) is 3. The fourth-order valence-corrected chi connectivity index (χ4v) is 1.57. The van der Waals surface area contributed by atoms with E-state index in [4.69, 9.17) is 4.74 Å². The van der Waals surface area contributed by atoms with Gasteiger partial charge in [0.1, 0.15) is 5.75 Å². The number of benzene rings is 1. The third kappa shape index (κ3) is 2.61. The van der Waals surface area contributed by atoms with Crippen molar-refractivity contribution in [3.8, 4) is 5.75 Å². The molecule has 2 N–H and O–H groups in total. The lowest BCUT2D eigenvalue weighted by molar-refractivity contribution is -0.118. The average molecular weight is 247 g/mol. The van der Waals surface area contributed by atoms with Gasteiger partial charge in [-0.05, 0) is 19.1 Å². The number of carbonyl (C=O) groups excluding carboxylic acids is 1. The predicted molar refractivity (Wildman–Crippen MR) is 70.7 cm³/mol. The summed E-state index contributed by atoms with van der Waals surface area (Å²) in [4.78, 5) is 18.9. The molecule has 5 heteroatoms. The number of rotatable bonds is 4. The highest BCUT2D eigenvalue weighted by atomic mass is 16.5. The van der Waals surface area contributed by atoms with Crippen LogP contribution in [0.3, 0.4) is 0 Å². The summed E-state index contributed by atoms with van der Waals surface area (Å²) >= 11 is 0. The van der Waals surface area contributed by atoms with Crippen LogP contribution in [-0.2, 0) is 4.79 Å². The number of nitrogens with zero attached hydrogens (tertiary/aromatic N) is 1. The first kappa shape index (κ1) is 12.4. The number of aromatic nitrogens is 2. The highest BCUT2D eigenvalue weighted by molar-refractivity contribution is 5.92. The van der Waals surface area contributed by atoms with Gasteiger partial charge in [0.2, 0.25) is 11.9 Å². The summed E-state index contributed by atoms with van der Waals surface area (Å²) in [6.45, 7) is 6.23. The Morgan fingerprint density at radius 1 is 1.50 bits per heavy atom. The van der Waals surface area contributed by atoms with Crippen LogP contribution in [0.5, 0.6) is 5.75 Å². The lowest BCUT2D eigenvalue weighted by Crippen LogP contribution is -2.18. The monoisotopic (exact) mass is 247 g/mol. The SMILES string of the molecule is CCOc1ccc2nc(NC(=O)C(C)C)[nH]c2c1. The number of aromatic amines is 1. The second-order valence-corrected chi connectivity index (χ2v) is 4.34. The van der Waals surface area contributed by atoms with Crippen LogP contribution in [0.25, 0.3) is 11.0 Å². The highest BCUT2D eigenvalue weighted by Crippen LogP contribution is 2.20. The van der Waals surface area contributed by atoms with Gasteiger partial charge in [-0.3, -0.25) is 10.1 Å². The molecule has 0 aliphatic carbocycles. The summed E-state index contributed by atoms with van der Waals surface area (Å²) in [5.74, 6) is 1.13. The largest absolute Gasteiger partial charge is 0.494 e. The van der Waals surface area contributed by atoms with Gasteiger partial charge in [-0.1, -0.05) is 13.8 Å². The molecule has 0 spiro atoms. The number of carbonyl (C=O) groups is 1. The zero-order valence-corrected chi connectivity index (χ0v) is 10.8. The molecule has 2 rings (SSSR count). The molecule has 18 heavy (non-hydrogen) atoms. The molecule has 0 saturated heterocycles. The molecule has 0 radical (unpaired) electrons.